The lowest BCUT2D eigenvalue weighted by Crippen LogP contribution is -2.04. The molecule has 0 aliphatic heterocycles. The maximum atomic E-state index is 11.1. The van der Waals surface area contributed by atoms with Crippen molar-refractivity contribution in [3.63, 3.8) is 0 Å². The second kappa shape index (κ2) is 7.67. The average molecular weight is 248 g/mol. The normalized spacial score (nSPS) is 14.4. The molecular weight excluding hydrogens is 228 g/mol. The van der Waals surface area contributed by atoms with E-state index in [9.17, 15) is 9.90 Å². The summed E-state index contributed by atoms with van der Waals surface area (Å²) >= 11 is 0. The molecule has 0 saturated carbocycles. The van der Waals surface area contributed by atoms with Gasteiger partial charge in [-0.3, -0.25) is 0 Å². The first-order valence-corrected chi connectivity index (χ1v) is 6.21. The van der Waals surface area contributed by atoms with Crippen molar-refractivity contribution in [2.75, 3.05) is 6.61 Å². The van der Waals surface area contributed by atoms with Crippen LogP contribution in [0.2, 0.25) is 0 Å². The van der Waals surface area contributed by atoms with E-state index in [0.717, 1.165) is 5.56 Å². The van der Waals surface area contributed by atoms with Crippen molar-refractivity contribution in [2.45, 2.75) is 26.4 Å². The fraction of sp³-hybridized carbons (Fsp3) is 0.400. The standard InChI is InChI=1S/C15H20O3/c1-3-18-15(17)10-9-12(2)11-14(16)13-7-5-4-6-8-13/h4-10,12,14,16H,3,11H2,1-2H3/b10-9+/t12-,14-/m0/s1. The van der Waals surface area contributed by atoms with E-state index in [1.165, 1.54) is 6.08 Å². The van der Waals surface area contributed by atoms with E-state index >= 15 is 0 Å². The third-order valence-electron chi connectivity index (χ3n) is 2.63. The van der Waals surface area contributed by atoms with Crippen LogP contribution in [0.25, 0.3) is 0 Å². The fourth-order valence-electron chi connectivity index (χ4n) is 1.68. The summed E-state index contributed by atoms with van der Waals surface area (Å²) < 4.78 is 4.79. The topological polar surface area (TPSA) is 46.5 Å². The second-order valence-electron chi connectivity index (χ2n) is 4.25. The molecule has 0 unspecified atom stereocenters. The molecule has 0 saturated heterocycles. The molecule has 3 nitrogen and oxygen atoms in total. The van der Waals surface area contributed by atoms with Gasteiger partial charge in [-0.25, -0.2) is 4.79 Å². The number of allylic oxidation sites excluding steroid dienone is 1. The van der Waals surface area contributed by atoms with Crippen LogP contribution in [0, 0.1) is 5.92 Å². The maximum Gasteiger partial charge on any atom is 0.330 e. The Bertz CT molecular complexity index is 384. The monoisotopic (exact) mass is 248 g/mol. The molecule has 1 aromatic carbocycles. The summed E-state index contributed by atoms with van der Waals surface area (Å²) in [5.74, 6) is -0.219. The molecule has 18 heavy (non-hydrogen) atoms. The van der Waals surface area contributed by atoms with Gasteiger partial charge in [0.2, 0.25) is 0 Å². The summed E-state index contributed by atoms with van der Waals surface area (Å²) in [5.41, 5.74) is 0.897. The van der Waals surface area contributed by atoms with Crippen molar-refractivity contribution in [3.8, 4) is 0 Å². The number of carbonyl (C=O) groups is 1. The van der Waals surface area contributed by atoms with Crippen molar-refractivity contribution in [3.05, 3.63) is 48.0 Å². The summed E-state index contributed by atoms with van der Waals surface area (Å²) in [5, 5.41) is 10.0. The maximum absolute atomic E-state index is 11.1. The number of aliphatic hydroxyl groups is 1. The van der Waals surface area contributed by atoms with Gasteiger partial charge in [0.05, 0.1) is 12.7 Å². The molecule has 3 heteroatoms. The first-order chi connectivity index (χ1) is 8.63. The quantitative estimate of drug-likeness (QED) is 0.622. The fourth-order valence-corrected chi connectivity index (χ4v) is 1.68. The molecular formula is C15H20O3. The molecule has 0 radical (unpaired) electrons. The number of hydrogen-bond acceptors (Lipinski definition) is 3. The highest BCUT2D eigenvalue weighted by atomic mass is 16.5. The molecule has 0 fully saturated rings. The first-order valence-electron chi connectivity index (χ1n) is 6.21. The van der Waals surface area contributed by atoms with Gasteiger partial charge in [0.15, 0.2) is 0 Å². The predicted molar refractivity (Wildman–Crippen MR) is 71.0 cm³/mol. The van der Waals surface area contributed by atoms with Crippen LogP contribution in [0.15, 0.2) is 42.5 Å². The minimum Gasteiger partial charge on any atom is -0.463 e. The Labute approximate surface area is 108 Å². The van der Waals surface area contributed by atoms with Crippen LogP contribution in [-0.4, -0.2) is 17.7 Å². The number of esters is 1. The zero-order chi connectivity index (χ0) is 13.4. The summed E-state index contributed by atoms with van der Waals surface area (Å²) in [6, 6.07) is 9.51. The lowest BCUT2D eigenvalue weighted by molar-refractivity contribution is -0.137. The smallest absolute Gasteiger partial charge is 0.330 e. The van der Waals surface area contributed by atoms with Gasteiger partial charge in [0.25, 0.3) is 0 Å². The van der Waals surface area contributed by atoms with Crippen LogP contribution in [0.5, 0.6) is 0 Å². The number of rotatable bonds is 6. The third-order valence-corrected chi connectivity index (χ3v) is 2.63. The largest absolute Gasteiger partial charge is 0.463 e. The van der Waals surface area contributed by atoms with Gasteiger partial charge in [0, 0.05) is 6.08 Å². The molecule has 0 aromatic heterocycles. The highest BCUT2D eigenvalue weighted by molar-refractivity contribution is 5.81. The molecule has 0 spiro atoms. The number of hydrogen-bond donors (Lipinski definition) is 1. The first kappa shape index (κ1) is 14.5. The Balaban J connectivity index is 2.45. The van der Waals surface area contributed by atoms with Gasteiger partial charge in [0.1, 0.15) is 0 Å². The molecule has 0 bridgehead atoms. The van der Waals surface area contributed by atoms with Crippen molar-refractivity contribution in [1.82, 2.24) is 0 Å². The average Bonchev–Trinajstić information content (AvgIpc) is 2.38. The van der Waals surface area contributed by atoms with E-state index < -0.39 is 6.10 Å². The van der Waals surface area contributed by atoms with Crippen LogP contribution in [-0.2, 0) is 9.53 Å². The van der Waals surface area contributed by atoms with Crippen molar-refractivity contribution in [2.24, 2.45) is 5.92 Å². The van der Waals surface area contributed by atoms with Crippen LogP contribution in [0.1, 0.15) is 31.9 Å². The Morgan fingerprint density at radius 3 is 2.67 bits per heavy atom. The van der Waals surface area contributed by atoms with E-state index in [1.54, 1.807) is 13.0 Å². The van der Waals surface area contributed by atoms with E-state index in [2.05, 4.69) is 0 Å². The highest BCUT2D eigenvalue weighted by Crippen LogP contribution is 2.21. The van der Waals surface area contributed by atoms with Crippen LogP contribution >= 0.6 is 0 Å². The summed E-state index contributed by atoms with van der Waals surface area (Å²) in [7, 11) is 0. The Kier molecular flexibility index (Phi) is 6.15. The molecule has 2 atom stereocenters. The summed E-state index contributed by atoms with van der Waals surface area (Å²) in [6.07, 6.45) is 3.27. The van der Waals surface area contributed by atoms with Crippen LogP contribution in [0.3, 0.4) is 0 Å². The summed E-state index contributed by atoms with van der Waals surface area (Å²) in [6.45, 7) is 4.11. The zero-order valence-corrected chi connectivity index (χ0v) is 10.9. The SMILES string of the molecule is CCOC(=O)/C=C/[C@H](C)C[C@H](O)c1ccccc1. The number of ether oxygens (including phenoxy) is 1. The Hall–Kier alpha value is -1.61. The van der Waals surface area contributed by atoms with Gasteiger partial charge in [-0.05, 0) is 24.8 Å². The molecule has 1 N–H and O–H groups in total. The number of benzene rings is 1. The van der Waals surface area contributed by atoms with Gasteiger partial charge in [-0.15, -0.1) is 0 Å². The Morgan fingerprint density at radius 1 is 1.39 bits per heavy atom. The van der Waals surface area contributed by atoms with E-state index in [1.807, 2.05) is 37.3 Å². The van der Waals surface area contributed by atoms with Crippen LogP contribution < -0.4 is 0 Å². The highest BCUT2D eigenvalue weighted by Gasteiger charge is 2.10. The van der Waals surface area contributed by atoms with Gasteiger partial charge >= 0.3 is 5.97 Å². The van der Waals surface area contributed by atoms with E-state index in [4.69, 9.17) is 4.74 Å². The lowest BCUT2D eigenvalue weighted by Gasteiger charge is -2.13. The van der Waals surface area contributed by atoms with Crippen molar-refractivity contribution < 1.29 is 14.6 Å². The molecule has 0 amide bonds. The third kappa shape index (κ3) is 5.15. The van der Waals surface area contributed by atoms with E-state index in [0.29, 0.717) is 13.0 Å². The molecule has 1 rings (SSSR count). The molecule has 1 aromatic rings. The van der Waals surface area contributed by atoms with Crippen molar-refractivity contribution in [1.29, 1.82) is 0 Å². The van der Waals surface area contributed by atoms with E-state index in [-0.39, 0.29) is 11.9 Å². The molecule has 0 aliphatic rings. The second-order valence-corrected chi connectivity index (χ2v) is 4.25. The van der Waals surface area contributed by atoms with Crippen molar-refractivity contribution >= 4 is 5.97 Å². The number of carbonyl (C=O) groups excluding carboxylic acids is 1. The zero-order valence-electron chi connectivity index (χ0n) is 10.9. The lowest BCUT2D eigenvalue weighted by atomic mass is 9.98. The van der Waals surface area contributed by atoms with Gasteiger partial charge in [-0.2, -0.15) is 0 Å². The molecule has 0 aliphatic carbocycles. The molecule has 98 valence electrons. The van der Waals surface area contributed by atoms with Gasteiger partial charge in [-0.1, -0.05) is 43.3 Å². The Morgan fingerprint density at radius 2 is 2.06 bits per heavy atom. The summed E-state index contributed by atoms with van der Waals surface area (Å²) in [4.78, 5) is 11.1. The molecule has 0 heterocycles. The van der Waals surface area contributed by atoms with Crippen LogP contribution in [0.4, 0.5) is 0 Å². The minimum atomic E-state index is -0.506. The minimum absolute atomic E-state index is 0.115. The predicted octanol–water partition coefficient (Wildman–Crippen LogP) is 2.87. The van der Waals surface area contributed by atoms with Gasteiger partial charge < -0.3 is 9.84 Å². The number of aliphatic hydroxyl groups excluding tert-OH is 1.